The molecule has 0 bridgehead atoms. The number of imidazole rings is 1. The lowest BCUT2D eigenvalue weighted by molar-refractivity contribution is 0.580. The van der Waals surface area contributed by atoms with E-state index in [1.54, 1.807) is 12.5 Å². The van der Waals surface area contributed by atoms with Gasteiger partial charge >= 0.3 is 0 Å². The van der Waals surface area contributed by atoms with E-state index in [9.17, 15) is 0 Å². The van der Waals surface area contributed by atoms with Gasteiger partial charge in [0.1, 0.15) is 5.82 Å². The van der Waals surface area contributed by atoms with Crippen LogP contribution in [0.5, 0.6) is 0 Å². The van der Waals surface area contributed by atoms with Gasteiger partial charge in [0.05, 0.1) is 18.2 Å². The van der Waals surface area contributed by atoms with Crippen molar-refractivity contribution < 1.29 is 0 Å². The molecule has 1 aromatic carbocycles. The molecule has 1 aliphatic heterocycles. The van der Waals surface area contributed by atoms with Crippen LogP contribution < -0.4 is 15.5 Å². The number of piperazine rings is 1. The van der Waals surface area contributed by atoms with Gasteiger partial charge in [-0.2, -0.15) is 4.98 Å². The maximum absolute atomic E-state index is 4.62. The molecule has 7 nitrogen and oxygen atoms in total. The Hall–Kier alpha value is -2.93. The summed E-state index contributed by atoms with van der Waals surface area (Å²) in [5.41, 5.74) is 3.09. The van der Waals surface area contributed by atoms with E-state index in [4.69, 9.17) is 0 Å². The van der Waals surface area contributed by atoms with Crippen molar-refractivity contribution in [3.8, 4) is 11.3 Å². The van der Waals surface area contributed by atoms with Crippen LogP contribution in [0.1, 0.15) is 0 Å². The molecule has 3 N–H and O–H groups in total. The van der Waals surface area contributed by atoms with Crippen LogP contribution in [-0.4, -0.2) is 46.1 Å². The molecular formula is C17H19N7. The van der Waals surface area contributed by atoms with Crippen LogP contribution in [0.2, 0.25) is 0 Å². The normalized spacial score (nSPS) is 14.6. The minimum Gasteiger partial charge on any atom is -0.345 e. The molecule has 0 atom stereocenters. The van der Waals surface area contributed by atoms with Gasteiger partial charge < -0.3 is 20.5 Å². The van der Waals surface area contributed by atoms with Crippen LogP contribution in [0, 0.1) is 0 Å². The second-order valence-corrected chi connectivity index (χ2v) is 5.65. The van der Waals surface area contributed by atoms with E-state index in [0.717, 1.165) is 54.9 Å². The molecule has 0 amide bonds. The molecule has 3 heterocycles. The fourth-order valence-electron chi connectivity index (χ4n) is 2.73. The Bertz CT molecular complexity index is 777. The topological polar surface area (TPSA) is 81.8 Å². The quantitative estimate of drug-likeness (QED) is 0.682. The summed E-state index contributed by atoms with van der Waals surface area (Å²) in [4.78, 5) is 18.4. The Balaban J connectivity index is 1.48. The number of nitrogens with one attached hydrogen (secondary N) is 3. The van der Waals surface area contributed by atoms with Crippen molar-refractivity contribution in [2.75, 3.05) is 36.4 Å². The predicted octanol–water partition coefficient (Wildman–Crippen LogP) is 2.02. The Morgan fingerprint density at radius 1 is 1.04 bits per heavy atom. The first-order valence-electron chi connectivity index (χ1n) is 8.03. The van der Waals surface area contributed by atoms with Crippen molar-refractivity contribution in [2.24, 2.45) is 0 Å². The molecule has 1 fully saturated rings. The molecular weight excluding hydrogens is 302 g/mol. The number of H-pyrrole nitrogens is 1. The zero-order chi connectivity index (χ0) is 16.2. The number of hydrogen-bond acceptors (Lipinski definition) is 6. The van der Waals surface area contributed by atoms with Crippen LogP contribution in [0.4, 0.5) is 17.5 Å². The average molecular weight is 321 g/mol. The van der Waals surface area contributed by atoms with Gasteiger partial charge in [-0.25, -0.2) is 9.97 Å². The smallest absolute Gasteiger partial charge is 0.227 e. The zero-order valence-electron chi connectivity index (χ0n) is 13.2. The molecule has 2 aromatic heterocycles. The molecule has 1 aliphatic rings. The molecule has 0 radical (unpaired) electrons. The molecule has 24 heavy (non-hydrogen) atoms. The first-order chi connectivity index (χ1) is 11.9. The Labute approximate surface area is 140 Å². The highest BCUT2D eigenvalue weighted by atomic mass is 15.3. The molecule has 0 saturated carbocycles. The van der Waals surface area contributed by atoms with E-state index in [2.05, 4.69) is 35.5 Å². The molecule has 0 aliphatic carbocycles. The number of benzene rings is 1. The van der Waals surface area contributed by atoms with E-state index in [1.807, 2.05) is 36.5 Å². The van der Waals surface area contributed by atoms with Gasteiger partial charge in [0, 0.05) is 38.1 Å². The van der Waals surface area contributed by atoms with Gasteiger partial charge in [-0.15, -0.1) is 0 Å². The minimum atomic E-state index is 0.774. The van der Waals surface area contributed by atoms with Gasteiger partial charge in [0.2, 0.25) is 5.95 Å². The number of anilines is 3. The predicted molar refractivity (Wildman–Crippen MR) is 94.4 cm³/mol. The lowest BCUT2D eigenvalue weighted by Crippen LogP contribution is -2.44. The highest BCUT2D eigenvalue weighted by Gasteiger charge is 2.13. The first-order valence-corrected chi connectivity index (χ1v) is 8.03. The van der Waals surface area contributed by atoms with Crippen molar-refractivity contribution in [3.05, 3.63) is 49.1 Å². The fourth-order valence-corrected chi connectivity index (χ4v) is 2.73. The number of rotatable bonds is 4. The number of aromatic amines is 1. The minimum absolute atomic E-state index is 0.774. The third kappa shape index (κ3) is 3.21. The second kappa shape index (κ2) is 6.67. The number of aromatic nitrogens is 4. The maximum Gasteiger partial charge on any atom is 0.227 e. The number of hydrogen-bond donors (Lipinski definition) is 3. The van der Waals surface area contributed by atoms with Crippen molar-refractivity contribution in [3.63, 3.8) is 0 Å². The molecule has 122 valence electrons. The van der Waals surface area contributed by atoms with Crippen molar-refractivity contribution in [1.82, 2.24) is 25.3 Å². The first kappa shape index (κ1) is 14.6. The summed E-state index contributed by atoms with van der Waals surface area (Å²) >= 11 is 0. The van der Waals surface area contributed by atoms with Gasteiger partial charge in [0.25, 0.3) is 0 Å². The Morgan fingerprint density at radius 2 is 1.88 bits per heavy atom. The third-order valence-corrected chi connectivity index (χ3v) is 4.01. The van der Waals surface area contributed by atoms with Crippen LogP contribution in [0.15, 0.2) is 49.1 Å². The molecule has 0 spiro atoms. The second-order valence-electron chi connectivity index (χ2n) is 5.65. The summed E-state index contributed by atoms with van der Waals surface area (Å²) in [5, 5.41) is 6.67. The van der Waals surface area contributed by atoms with Crippen molar-refractivity contribution in [1.29, 1.82) is 0 Å². The van der Waals surface area contributed by atoms with Crippen LogP contribution in [0.25, 0.3) is 11.3 Å². The van der Waals surface area contributed by atoms with Gasteiger partial charge in [-0.3, -0.25) is 0 Å². The Morgan fingerprint density at radius 3 is 2.62 bits per heavy atom. The standard InChI is InChI=1S/C17H19N7/c1-3-14(4-2-13(1)15-11-19-12-21-15)22-16-5-6-20-17(23-16)24-9-7-18-8-10-24/h1-6,11-12,18H,7-10H2,(H,19,21)(H,20,22,23). The van der Waals surface area contributed by atoms with Crippen molar-refractivity contribution in [2.45, 2.75) is 0 Å². The summed E-state index contributed by atoms with van der Waals surface area (Å²) in [6, 6.07) is 10.0. The monoisotopic (exact) mass is 321 g/mol. The lowest BCUT2D eigenvalue weighted by atomic mass is 10.1. The van der Waals surface area contributed by atoms with Crippen LogP contribution in [0.3, 0.4) is 0 Å². The molecule has 3 aromatic rings. The molecule has 0 unspecified atom stereocenters. The maximum atomic E-state index is 4.62. The van der Waals surface area contributed by atoms with Gasteiger partial charge in [-0.1, -0.05) is 12.1 Å². The van der Waals surface area contributed by atoms with Crippen LogP contribution >= 0.6 is 0 Å². The SMILES string of the molecule is c1cc(Nc2ccc(-c3cnc[nH]3)cc2)nc(N2CCNCC2)n1. The fraction of sp³-hybridized carbons (Fsp3) is 0.235. The van der Waals surface area contributed by atoms with E-state index in [0.29, 0.717) is 0 Å². The van der Waals surface area contributed by atoms with Crippen LogP contribution in [-0.2, 0) is 0 Å². The largest absolute Gasteiger partial charge is 0.345 e. The molecule has 4 rings (SSSR count). The molecule has 7 heteroatoms. The van der Waals surface area contributed by atoms with E-state index in [-0.39, 0.29) is 0 Å². The number of nitrogens with zero attached hydrogens (tertiary/aromatic N) is 4. The van der Waals surface area contributed by atoms with Gasteiger partial charge in [0.15, 0.2) is 0 Å². The molecule has 1 saturated heterocycles. The third-order valence-electron chi connectivity index (χ3n) is 4.01. The summed E-state index contributed by atoms with van der Waals surface area (Å²) in [7, 11) is 0. The van der Waals surface area contributed by atoms with E-state index in [1.165, 1.54) is 0 Å². The highest BCUT2D eigenvalue weighted by Crippen LogP contribution is 2.21. The summed E-state index contributed by atoms with van der Waals surface area (Å²) < 4.78 is 0. The summed E-state index contributed by atoms with van der Waals surface area (Å²) in [6.45, 7) is 3.80. The lowest BCUT2D eigenvalue weighted by Gasteiger charge is -2.27. The average Bonchev–Trinajstić information content (AvgIpc) is 3.18. The summed E-state index contributed by atoms with van der Waals surface area (Å²) in [6.07, 6.45) is 5.29. The zero-order valence-corrected chi connectivity index (χ0v) is 13.2. The highest BCUT2D eigenvalue weighted by molar-refractivity contribution is 5.64. The van der Waals surface area contributed by atoms with E-state index < -0.39 is 0 Å². The Kier molecular flexibility index (Phi) is 4.07. The van der Waals surface area contributed by atoms with Gasteiger partial charge in [-0.05, 0) is 23.8 Å². The van der Waals surface area contributed by atoms with Crippen molar-refractivity contribution >= 4 is 17.5 Å². The van der Waals surface area contributed by atoms with E-state index >= 15 is 0 Å². The summed E-state index contributed by atoms with van der Waals surface area (Å²) in [5.74, 6) is 1.57.